The van der Waals surface area contributed by atoms with Crippen molar-refractivity contribution in [3.8, 4) is 0 Å². The Bertz CT molecular complexity index is 904. The van der Waals surface area contributed by atoms with Gasteiger partial charge in [0, 0.05) is 5.69 Å². The largest absolute Gasteiger partial charge is 0.338 e. The van der Waals surface area contributed by atoms with E-state index in [1.165, 1.54) is 16.7 Å². The molecule has 0 aliphatic carbocycles. The van der Waals surface area contributed by atoms with Crippen LogP contribution >= 0.6 is 0 Å². The quantitative estimate of drug-likeness (QED) is 0.680. The molecule has 0 saturated carbocycles. The fourth-order valence-electron chi connectivity index (χ4n) is 3.60. The minimum atomic E-state index is 0.315. The first-order chi connectivity index (χ1) is 12.4. The monoisotopic (exact) mass is 352 g/mol. The molecule has 0 spiro atoms. The second-order valence-corrected chi connectivity index (χ2v) is 7.08. The van der Waals surface area contributed by atoms with Crippen molar-refractivity contribution in [2.75, 3.05) is 5.32 Å². The first-order valence-electron chi connectivity index (χ1n) is 9.39. The van der Waals surface area contributed by atoms with Crippen LogP contribution in [0, 0.1) is 27.7 Å². The second-order valence-electron chi connectivity index (χ2n) is 7.08. The molecule has 0 saturated heterocycles. The molecule has 0 fully saturated rings. The van der Waals surface area contributed by atoms with Gasteiger partial charge in [0.05, 0.1) is 6.04 Å². The van der Waals surface area contributed by atoms with Gasteiger partial charge in [0.25, 0.3) is 0 Å². The van der Waals surface area contributed by atoms with E-state index >= 15 is 0 Å². The summed E-state index contributed by atoms with van der Waals surface area (Å²) >= 11 is 0. The van der Waals surface area contributed by atoms with Crippen molar-refractivity contribution in [1.82, 2.24) is 25.0 Å². The van der Waals surface area contributed by atoms with E-state index < -0.39 is 0 Å². The van der Waals surface area contributed by atoms with Crippen LogP contribution in [0.5, 0.6) is 0 Å². The van der Waals surface area contributed by atoms with Gasteiger partial charge in [0.2, 0.25) is 0 Å². The molecule has 138 valence electrons. The van der Waals surface area contributed by atoms with E-state index in [1.807, 2.05) is 11.6 Å². The van der Waals surface area contributed by atoms with Crippen molar-refractivity contribution in [1.29, 1.82) is 0 Å². The highest BCUT2D eigenvalue weighted by molar-refractivity contribution is 5.85. The molecule has 3 rings (SSSR count). The number of nitrogens with zero attached hydrogens (tertiary/aromatic N) is 5. The second kappa shape index (κ2) is 7.40. The average molecular weight is 352 g/mol. The summed E-state index contributed by atoms with van der Waals surface area (Å²) in [7, 11) is 0. The van der Waals surface area contributed by atoms with Crippen LogP contribution in [0.25, 0.3) is 11.2 Å². The van der Waals surface area contributed by atoms with Gasteiger partial charge in [-0.3, -0.25) is 0 Å². The van der Waals surface area contributed by atoms with Crippen molar-refractivity contribution in [2.45, 2.75) is 66.8 Å². The zero-order valence-corrected chi connectivity index (χ0v) is 16.6. The third-order valence-corrected chi connectivity index (χ3v) is 4.79. The first-order valence-corrected chi connectivity index (χ1v) is 9.39. The van der Waals surface area contributed by atoms with Gasteiger partial charge in [-0.1, -0.05) is 43.2 Å². The van der Waals surface area contributed by atoms with Gasteiger partial charge in [0.1, 0.15) is 5.82 Å². The Morgan fingerprint density at radius 2 is 1.73 bits per heavy atom. The number of aromatic nitrogens is 5. The van der Waals surface area contributed by atoms with Crippen molar-refractivity contribution in [2.24, 2.45) is 0 Å². The maximum absolute atomic E-state index is 4.63. The highest BCUT2D eigenvalue weighted by Gasteiger charge is 2.19. The smallest absolute Gasteiger partial charge is 0.184 e. The number of nitrogens with one attached hydrogen (secondary N) is 1. The number of benzene rings is 1. The standard InChI is InChI=1S/C20H28N6/c1-7-9-16(8-2)26-20-18(24-25-26)19(21-15(6)22-20)23-17-13(4)10-12(3)11-14(17)5/h10-11,16H,7-9H2,1-6H3,(H,21,22,23). The zero-order valence-electron chi connectivity index (χ0n) is 16.6. The Balaban J connectivity index is 2.09. The Morgan fingerprint density at radius 1 is 1.04 bits per heavy atom. The molecule has 6 nitrogen and oxygen atoms in total. The van der Waals surface area contributed by atoms with Crippen LogP contribution in [-0.4, -0.2) is 25.0 Å². The number of hydrogen-bond acceptors (Lipinski definition) is 5. The lowest BCUT2D eigenvalue weighted by atomic mass is 10.1. The van der Waals surface area contributed by atoms with E-state index in [2.05, 4.69) is 72.3 Å². The molecule has 0 aliphatic heterocycles. The fraction of sp³-hybridized carbons (Fsp3) is 0.500. The van der Waals surface area contributed by atoms with E-state index in [0.717, 1.165) is 47.8 Å². The number of anilines is 2. The summed E-state index contributed by atoms with van der Waals surface area (Å²) < 4.78 is 1.97. The number of rotatable bonds is 6. The fourth-order valence-corrected chi connectivity index (χ4v) is 3.60. The number of hydrogen-bond donors (Lipinski definition) is 1. The van der Waals surface area contributed by atoms with Crippen LogP contribution in [0.1, 0.15) is 61.7 Å². The zero-order chi connectivity index (χ0) is 18.8. The first kappa shape index (κ1) is 18.3. The van der Waals surface area contributed by atoms with Gasteiger partial charge in [-0.15, -0.1) is 5.10 Å². The Kier molecular flexibility index (Phi) is 5.20. The van der Waals surface area contributed by atoms with E-state index in [1.54, 1.807) is 0 Å². The molecular weight excluding hydrogens is 324 g/mol. The summed E-state index contributed by atoms with van der Waals surface area (Å²) in [6.45, 7) is 12.6. The third-order valence-electron chi connectivity index (χ3n) is 4.79. The van der Waals surface area contributed by atoms with E-state index in [9.17, 15) is 0 Å². The van der Waals surface area contributed by atoms with Gasteiger partial charge in [-0.2, -0.15) is 0 Å². The SMILES string of the molecule is CCCC(CC)n1nnc2c(Nc3c(C)cc(C)cc3C)nc(C)nc21. The minimum absolute atomic E-state index is 0.315. The van der Waals surface area contributed by atoms with Crippen LogP contribution in [0.2, 0.25) is 0 Å². The van der Waals surface area contributed by atoms with E-state index in [0.29, 0.717) is 6.04 Å². The topological polar surface area (TPSA) is 68.5 Å². The van der Waals surface area contributed by atoms with Crippen molar-refractivity contribution in [3.63, 3.8) is 0 Å². The summed E-state index contributed by atoms with van der Waals surface area (Å²) in [5, 5.41) is 12.3. The van der Waals surface area contributed by atoms with Crippen molar-refractivity contribution in [3.05, 3.63) is 34.6 Å². The molecule has 6 heteroatoms. The lowest BCUT2D eigenvalue weighted by Crippen LogP contribution is -2.11. The molecule has 3 aromatic rings. The molecule has 0 radical (unpaired) electrons. The minimum Gasteiger partial charge on any atom is -0.338 e. The molecular formula is C20H28N6. The van der Waals surface area contributed by atoms with Gasteiger partial charge < -0.3 is 5.32 Å². The predicted molar refractivity (Wildman–Crippen MR) is 106 cm³/mol. The molecule has 26 heavy (non-hydrogen) atoms. The van der Waals surface area contributed by atoms with Gasteiger partial charge in [-0.25, -0.2) is 14.6 Å². The molecule has 2 heterocycles. The highest BCUT2D eigenvalue weighted by Crippen LogP contribution is 2.29. The van der Waals surface area contributed by atoms with Crippen LogP contribution in [-0.2, 0) is 0 Å². The summed E-state index contributed by atoms with van der Waals surface area (Å²) in [6.07, 6.45) is 3.18. The van der Waals surface area contributed by atoms with E-state index in [-0.39, 0.29) is 0 Å². The molecule has 1 N–H and O–H groups in total. The molecule has 0 bridgehead atoms. The van der Waals surface area contributed by atoms with Crippen LogP contribution in [0.4, 0.5) is 11.5 Å². The van der Waals surface area contributed by atoms with E-state index in [4.69, 9.17) is 0 Å². The normalized spacial score (nSPS) is 12.5. The Labute approximate surface area is 155 Å². The molecule has 0 amide bonds. The van der Waals surface area contributed by atoms with Gasteiger partial charge in [0.15, 0.2) is 17.0 Å². The predicted octanol–water partition coefficient (Wildman–Crippen LogP) is 4.95. The molecule has 0 aliphatic rings. The Morgan fingerprint density at radius 3 is 2.35 bits per heavy atom. The molecule has 2 aromatic heterocycles. The van der Waals surface area contributed by atoms with Crippen LogP contribution < -0.4 is 5.32 Å². The maximum Gasteiger partial charge on any atom is 0.184 e. The molecule has 1 aromatic carbocycles. The summed E-state index contributed by atoms with van der Waals surface area (Å²) in [6, 6.07) is 4.66. The summed E-state index contributed by atoms with van der Waals surface area (Å²) in [4.78, 5) is 9.24. The van der Waals surface area contributed by atoms with Gasteiger partial charge >= 0.3 is 0 Å². The average Bonchev–Trinajstić information content (AvgIpc) is 2.99. The van der Waals surface area contributed by atoms with Crippen molar-refractivity contribution < 1.29 is 0 Å². The van der Waals surface area contributed by atoms with Crippen LogP contribution in [0.15, 0.2) is 12.1 Å². The molecule has 1 atom stereocenters. The van der Waals surface area contributed by atoms with Gasteiger partial charge in [-0.05, 0) is 51.7 Å². The Hall–Kier alpha value is -2.50. The lowest BCUT2D eigenvalue weighted by molar-refractivity contribution is 0.408. The highest BCUT2D eigenvalue weighted by atomic mass is 15.5. The molecule has 1 unspecified atom stereocenters. The lowest BCUT2D eigenvalue weighted by Gasteiger charge is -2.15. The van der Waals surface area contributed by atoms with Crippen LogP contribution in [0.3, 0.4) is 0 Å². The summed E-state index contributed by atoms with van der Waals surface area (Å²) in [5.74, 6) is 1.44. The third kappa shape index (κ3) is 3.41. The maximum atomic E-state index is 4.63. The number of aryl methyl sites for hydroxylation is 4. The number of fused-ring (bicyclic) bond motifs is 1. The van der Waals surface area contributed by atoms with Crippen molar-refractivity contribution >= 4 is 22.7 Å². The summed E-state index contributed by atoms with van der Waals surface area (Å²) in [5.41, 5.74) is 6.25.